The van der Waals surface area contributed by atoms with Crippen molar-refractivity contribution in [3.8, 4) is 0 Å². The Balaban J connectivity index is 0. The molecule has 0 bridgehead atoms. The number of aliphatic carboxylic acids is 2. The SMILES string of the molecule is CCCC(C)CC(C)(C)NC(=O)CN.O=C(O)CCC(=O)O. The second-order valence-corrected chi connectivity index (χ2v) is 6.02. The van der Waals surface area contributed by atoms with Crippen LogP contribution in [0.2, 0.25) is 0 Å². The Morgan fingerprint density at radius 2 is 1.59 bits per heavy atom. The lowest BCUT2D eigenvalue weighted by Gasteiger charge is -2.29. The lowest BCUT2D eigenvalue weighted by molar-refractivity contribution is -0.143. The molecule has 7 nitrogen and oxygen atoms in total. The van der Waals surface area contributed by atoms with E-state index in [4.69, 9.17) is 15.9 Å². The molecule has 5 N–H and O–H groups in total. The maximum absolute atomic E-state index is 11.1. The van der Waals surface area contributed by atoms with Crippen molar-refractivity contribution < 1.29 is 24.6 Å². The van der Waals surface area contributed by atoms with Crippen molar-refractivity contribution in [2.24, 2.45) is 11.7 Å². The summed E-state index contributed by atoms with van der Waals surface area (Å²) >= 11 is 0. The molecule has 1 atom stereocenters. The summed E-state index contributed by atoms with van der Waals surface area (Å²) in [5, 5.41) is 18.7. The van der Waals surface area contributed by atoms with Crippen molar-refractivity contribution in [2.45, 2.75) is 65.3 Å². The first kappa shape index (κ1) is 22.6. The summed E-state index contributed by atoms with van der Waals surface area (Å²) in [4.78, 5) is 30.4. The number of amides is 1. The number of nitrogens with two attached hydrogens (primary N) is 1. The highest BCUT2D eigenvalue weighted by Gasteiger charge is 2.22. The molecule has 1 amide bonds. The predicted molar refractivity (Wildman–Crippen MR) is 84.5 cm³/mol. The van der Waals surface area contributed by atoms with Gasteiger partial charge in [0.2, 0.25) is 5.91 Å². The van der Waals surface area contributed by atoms with Gasteiger partial charge in [0.05, 0.1) is 19.4 Å². The molecule has 7 heteroatoms. The van der Waals surface area contributed by atoms with Crippen LogP contribution < -0.4 is 11.1 Å². The van der Waals surface area contributed by atoms with Gasteiger partial charge in [-0.25, -0.2) is 0 Å². The third-order valence-electron chi connectivity index (χ3n) is 2.86. The summed E-state index contributed by atoms with van der Waals surface area (Å²) in [6.45, 7) is 8.58. The molecule has 0 saturated heterocycles. The standard InChI is InChI=1S/C11H24N2O.C4H6O4/c1-5-6-9(2)7-11(3,4)13-10(14)8-12;5-3(6)1-2-4(7)8/h9H,5-8,12H2,1-4H3,(H,13,14);1-2H2,(H,5,6)(H,7,8). The fraction of sp³-hybridized carbons (Fsp3) is 0.800. The highest BCUT2D eigenvalue weighted by molar-refractivity contribution is 5.78. The molecule has 0 fully saturated rings. The molecule has 1 unspecified atom stereocenters. The van der Waals surface area contributed by atoms with Crippen molar-refractivity contribution in [3.63, 3.8) is 0 Å². The molecule has 130 valence electrons. The Morgan fingerprint density at radius 1 is 1.14 bits per heavy atom. The number of hydrogen-bond acceptors (Lipinski definition) is 4. The summed E-state index contributed by atoms with van der Waals surface area (Å²) in [7, 11) is 0. The zero-order valence-corrected chi connectivity index (χ0v) is 14.0. The number of carboxylic acids is 2. The summed E-state index contributed by atoms with van der Waals surface area (Å²) in [6.07, 6.45) is 2.82. The quantitative estimate of drug-likeness (QED) is 0.511. The second-order valence-electron chi connectivity index (χ2n) is 6.02. The van der Waals surface area contributed by atoms with Gasteiger partial charge in [0.25, 0.3) is 0 Å². The predicted octanol–water partition coefficient (Wildman–Crippen LogP) is 1.60. The first-order valence-corrected chi connectivity index (χ1v) is 7.48. The highest BCUT2D eigenvalue weighted by Crippen LogP contribution is 2.19. The molecule has 0 heterocycles. The van der Waals surface area contributed by atoms with Crippen molar-refractivity contribution in [3.05, 3.63) is 0 Å². The number of carbonyl (C=O) groups excluding carboxylic acids is 1. The molecular formula is C15H30N2O5. The molecule has 0 aromatic carbocycles. The Morgan fingerprint density at radius 3 is 1.91 bits per heavy atom. The van der Waals surface area contributed by atoms with E-state index in [1.54, 1.807) is 0 Å². The molecule has 0 saturated carbocycles. The molecule has 0 aliphatic carbocycles. The van der Waals surface area contributed by atoms with Gasteiger partial charge in [-0.1, -0.05) is 26.7 Å². The molecule has 0 rings (SSSR count). The number of carbonyl (C=O) groups is 3. The van der Waals surface area contributed by atoms with Crippen LogP contribution in [0.1, 0.15) is 59.8 Å². The summed E-state index contributed by atoms with van der Waals surface area (Å²) in [5.41, 5.74) is 5.12. The minimum absolute atomic E-state index is 0.0706. The van der Waals surface area contributed by atoms with Crippen LogP contribution in [0.5, 0.6) is 0 Å². The zero-order chi connectivity index (χ0) is 17.8. The first-order chi connectivity index (χ1) is 10.0. The fourth-order valence-electron chi connectivity index (χ4n) is 2.16. The normalized spacial score (nSPS) is 11.9. The van der Waals surface area contributed by atoms with Gasteiger partial charge in [-0.05, 0) is 26.2 Å². The smallest absolute Gasteiger partial charge is 0.303 e. The number of hydrogen-bond donors (Lipinski definition) is 4. The van der Waals surface area contributed by atoms with Crippen LogP contribution in [-0.2, 0) is 14.4 Å². The van der Waals surface area contributed by atoms with Gasteiger partial charge >= 0.3 is 11.9 Å². The van der Waals surface area contributed by atoms with E-state index in [0.29, 0.717) is 5.92 Å². The molecule has 0 aromatic heterocycles. The fourth-order valence-corrected chi connectivity index (χ4v) is 2.16. The summed E-state index contributed by atoms with van der Waals surface area (Å²) < 4.78 is 0. The summed E-state index contributed by atoms with van der Waals surface area (Å²) in [5.74, 6) is -1.58. The lowest BCUT2D eigenvalue weighted by atomic mass is 9.89. The maximum atomic E-state index is 11.1. The van der Waals surface area contributed by atoms with E-state index in [2.05, 4.69) is 19.2 Å². The van der Waals surface area contributed by atoms with Gasteiger partial charge in [0, 0.05) is 5.54 Å². The Hall–Kier alpha value is -1.63. The number of rotatable bonds is 9. The molecule has 0 aromatic rings. The van der Waals surface area contributed by atoms with Crippen LogP contribution in [0.3, 0.4) is 0 Å². The summed E-state index contributed by atoms with van der Waals surface area (Å²) in [6, 6.07) is 0. The van der Waals surface area contributed by atoms with Crippen LogP contribution in [0.15, 0.2) is 0 Å². The Kier molecular flexibility index (Phi) is 12.3. The van der Waals surface area contributed by atoms with Gasteiger partial charge in [-0.2, -0.15) is 0 Å². The van der Waals surface area contributed by atoms with Crippen molar-refractivity contribution in [1.29, 1.82) is 0 Å². The largest absolute Gasteiger partial charge is 0.481 e. The topological polar surface area (TPSA) is 130 Å². The van der Waals surface area contributed by atoms with E-state index in [9.17, 15) is 14.4 Å². The van der Waals surface area contributed by atoms with Crippen molar-refractivity contribution >= 4 is 17.8 Å². The molecule has 0 aliphatic rings. The number of carboxylic acid groups (broad SMARTS) is 2. The third-order valence-corrected chi connectivity index (χ3v) is 2.86. The average Bonchev–Trinajstić information content (AvgIpc) is 2.35. The van der Waals surface area contributed by atoms with E-state index in [1.807, 2.05) is 13.8 Å². The van der Waals surface area contributed by atoms with Gasteiger partial charge in [0.1, 0.15) is 0 Å². The van der Waals surface area contributed by atoms with E-state index >= 15 is 0 Å². The lowest BCUT2D eigenvalue weighted by Crippen LogP contribution is -2.46. The Labute approximate surface area is 132 Å². The molecule has 0 aliphatic heterocycles. The molecule has 0 radical (unpaired) electrons. The van der Waals surface area contributed by atoms with Gasteiger partial charge in [-0.3, -0.25) is 14.4 Å². The van der Waals surface area contributed by atoms with Crippen LogP contribution >= 0.6 is 0 Å². The minimum Gasteiger partial charge on any atom is -0.481 e. The van der Waals surface area contributed by atoms with Crippen molar-refractivity contribution in [2.75, 3.05) is 6.54 Å². The van der Waals surface area contributed by atoms with Gasteiger partial charge < -0.3 is 21.3 Å². The zero-order valence-electron chi connectivity index (χ0n) is 14.0. The number of nitrogens with one attached hydrogen (secondary N) is 1. The molecular weight excluding hydrogens is 288 g/mol. The highest BCUT2D eigenvalue weighted by atomic mass is 16.4. The van der Waals surface area contributed by atoms with Crippen LogP contribution in [0.25, 0.3) is 0 Å². The van der Waals surface area contributed by atoms with E-state index < -0.39 is 11.9 Å². The monoisotopic (exact) mass is 318 g/mol. The second kappa shape index (κ2) is 12.0. The van der Waals surface area contributed by atoms with E-state index in [1.165, 1.54) is 12.8 Å². The first-order valence-electron chi connectivity index (χ1n) is 7.48. The van der Waals surface area contributed by atoms with Gasteiger partial charge in [-0.15, -0.1) is 0 Å². The van der Waals surface area contributed by atoms with E-state index in [-0.39, 0.29) is 30.8 Å². The van der Waals surface area contributed by atoms with Crippen LogP contribution in [-0.4, -0.2) is 40.1 Å². The van der Waals surface area contributed by atoms with Crippen LogP contribution in [0.4, 0.5) is 0 Å². The average molecular weight is 318 g/mol. The minimum atomic E-state index is -1.08. The molecule has 0 spiro atoms. The van der Waals surface area contributed by atoms with E-state index in [0.717, 1.165) is 6.42 Å². The molecule has 22 heavy (non-hydrogen) atoms. The third kappa shape index (κ3) is 16.4. The van der Waals surface area contributed by atoms with Gasteiger partial charge in [0.15, 0.2) is 0 Å². The maximum Gasteiger partial charge on any atom is 0.303 e. The van der Waals surface area contributed by atoms with Crippen LogP contribution in [0, 0.1) is 5.92 Å². The van der Waals surface area contributed by atoms with Crippen molar-refractivity contribution in [1.82, 2.24) is 5.32 Å². The Bertz CT molecular complexity index is 342.